The van der Waals surface area contributed by atoms with Gasteiger partial charge in [-0.3, -0.25) is 14.6 Å². The quantitative estimate of drug-likeness (QED) is 0.692. The first-order chi connectivity index (χ1) is 12.9. The number of hydrogen-bond acceptors (Lipinski definition) is 4. The molecule has 0 saturated heterocycles. The second kappa shape index (κ2) is 9.33. The Morgan fingerprint density at radius 1 is 1.19 bits per heavy atom. The fourth-order valence-electron chi connectivity index (χ4n) is 2.34. The van der Waals surface area contributed by atoms with E-state index >= 15 is 0 Å². The molecule has 1 atom stereocenters. The molecule has 1 aromatic carbocycles. The van der Waals surface area contributed by atoms with Crippen molar-refractivity contribution in [3.63, 3.8) is 0 Å². The van der Waals surface area contributed by atoms with Crippen molar-refractivity contribution < 1.29 is 19.5 Å². The van der Waals surface area contributed by atoms with Gasteiger partial charge in [-0.25, -0.2) is 4.79 Å². The van der Waals surface area contributed by atoms with E-state index in [2.05, 4.69) is 15.6 Å². The summed E-state index contributed by atoms with van der Waals surface area (Å²) in [6.07, 6.45) is 1.54. The summed E-state index contributed by atoms with van der Waals surface area (Å²) in [5.41, 5.74) is 1.69. The molecule has 0 spiro atoms. The summed E-state index contributed by atoms with van der Waals surface area (Å²) in [6.45, 7) is 1.90. The van der Waals surface area contributed by atoms with Gasteiger partial charge < -0.3 is 20.6 Å². The van der Waals surface area contributed by atoms with Gasteiger partial charge in [-0.05, 0) is 29.8 Å². The number of benzene rings is 1. The summed E-state index contributed by atoms with van der Waals surface area (Å²) in [5.74, 6) is -1.92. The number of aromatic nitrogens is 1. The molecule has 3 N–H and O–H groups in total. The Kier molecular flexibility index (Phi) is 6.87. The number of nitrogens with zero attached hydrogens (tertiary/aromatic N) is 2. The van der Waals surface area contributed by atoms with Gasteiger partial charge in [0.1, 0.15) is 5.69 Å². The standard InChI is InChI=1S/C19H22N4O4/c1-13(18(25)26)12-23(2)19(27)21-11-14-6-5-7-15(10-14)22-17(24)16-8-3-4-9-20-16/h3-10,13H,11-12H2,1-2H3,(H,21,27)(H,22,24)(H,25,26). The van der Waals surface area contributed by atoms with Crippen LogP contribution in [0.5, 0.6) is 0 Å². The van der Waals surface area contributed by atoms with Crippen molar-refractivity contribution >= 4 is 23.6 Å². The minimum Gasteiger partial charge on any atom is -0.481 e. The fraction of sp³-hybridized carbons (Fsp3) is 0.263. The third-order valence-electron chi connectivity index (χ3n) is 3.84. The van der Waals surface area contributed by atoms with E-state index in [1.807, 2.05) is 6.07 Å². The molecular formula is C19H22N4O4. The van der Waals surface area contributed by atoms with Gasteiger partial charge in [0.2, 0.25) is 0 Å². The van der Waals surface area contributed by atoms with Crippen molar-refractivity contribution in [1.82, 2.24) is 15.2 Å². The molecule has 1 aromatic heterocycles. The van der Waals surface area contributed by atoms with Gasteiger partial charge in [-0.2, -0.15) is 0 Å². The monoisotopic (exact) mass is 370 g/mol. The summed E-state index contributed by atoms with van der Waals surface area (Å²) < 4.78 is 0. The van der Waals surface area contributed by atoms with Crippen LogP contribution in [0.15, 0.2) is 48.7 Å². The summed E-state index contributed by atoms with van der Waals surface area (Å²) in [6, 6.07) is 11.8. The third kappa shape index (κ3) is 6.10. The zero-order chi connectivity index (χ0) is 19.8. The largest absolute Gasteiger partial charge is 0.481 e. The number of pyridine rings is 1. The van der Waals surface area contributed by atoms with Gasteiger partial charge in [0, 0.05) is 32.0 Å². The van der Waals surface area contributed by atoms with E-state index < -0.39 is 11.9 Å². The first-order valence-electron chi connectivity index (χ1n) is 8.40. The average Bonchev–Trinajstić information content (AvgIpc) is 2.66. The van der Waals surface area contributed by atoms with Crippen LogP contribution < -0.4 is 10.6 Å². The maximum Gasteiger partial charge on any atom is 0.317 e. The van der Waals surface area contributed by atoms with Crippen molar-refractivity contribution in [3.8, 4) is 0 Å². The number of carboxylic acid groups (broad SMARTS) is 1. The number of amides is 3. The van der Waals surface area contributed by atoms with Crippen molar-refractivity contribution in [1.29, 1.82) is 0 Å². The van der Waals surface area contributed by atoms with Crippen molar-refractivity contribution in [2.24, 2.45) is 5.92 Å². The SMILES string of the molecule is CC(CN(C)C(=O)NCc1cccc(NC(=O)c2ccccn2)c1)C(=O)O. The number of carbonyl (C=O) groups excluding carboxylic acids is 2. The molecule has 27 heavy (non-hydrogen) atoms. The third-order valence-corrected chi connectivity index (χ3v) is 3.84. The van der Waals surface area contributed by atoms with Crippen LogP contribution in [-0.4, -0.2) is 46.5 Å². The second-order valence-corrected chi connectivity index (χ2v) is 6.15. The second-order valence-electron chi connectivity index (χ2n) is 6.15. The highest BCUT2D eigenvalue weighted by Gasteiger charge is 2.17. The number of hydrogen-bond donors (Lipinski definition) is 3. The van der Waals surface area contributed by atoms with E-state index in [1.54, 1.807) is 49.5 Å². The molecule has 142 valence electrons. The highest BCUT2D eigenvalue weighted by molar-refractivity contribution is 6.02. The molecule has 0 aliphatic heterocycles. The Labute approximate surface area is 157 Å². The van der Waals surface area contributed by atoms with E-state index in [9.17, 15) is 14.4 Å². The van der Waals surface area contributed by atoms with Crippen LogP contribution >= 0.6 is 0 Å². The zero-order valence-corrected chi connectivity index (χ0v) is 15.2. The van der Waals surface area contributed by atoms with E-state index in [-0.39, 0.29) is 25.0 Å². The smallest absolute Gasteiger partial charge is 0.317 e. The Bertz CT molecular complexity index is 810. The minimum absolute atomic E-state index is 0.112. The maximum absolute atomic E-state index is 12.1. The highest BCUT2D eigenvalue weighted by Crippen LogP contribution is 2.12. The van der Waals surface area contributed by atoms with Crippen LogP contribution in [0, 0.1) is 5.92 Å². The summed E-state index contributed by atoms with van der Waals surface area (Å²) in [7, 11) is 1.54. The number of anilines is 1. The lowest BCUT2D eigenvalue weighted by atomic mass is 10.2. The fourth-order valence-corrected chi connectivity index (χ4v) is 2.34. The molecule has 0 saturated carbocycles. The number of carbonyl (C=O) groups is 3. The number of carboxylic acids is 1. The summed E-state index contributed by atoms with van der Waals surface area (Å²) >= 11 is 0. The van der Waals surface area contributed by atoms with Crippen LogP contribution in [-0.2, 0) is 11.3 Å². The van der Waals surface area contributed by atoms with Crippen LogP contribution in [0.25, 0.3) is 0 Å². The lowest BCUT2D eigenvalue weighted by Gasteiger charge is -2.20. The molecule has 0 aliphatic carbocycles. The Morgan fingerprint density at radius 2 is 1.96 bits per heavy atom. The lowest BCUT2D eigenvalue weighted by molar-refractivity contribution is -0.141. The minimum atomic E-state index is -0.953. The van der Waals surface area contributed by atoms with Gasteiger partial charge in [0.05, 0.1) is 5.92 Å². The lowest BCUT2D eigenvalue weighted by Crippen LogP contribution is -2.40. The van der Waals surface area contributed by atoms with Gasteiger partial charge in [-0.1, -0.05) is 25.1 Å². The molecule has 8 nitrogen and oxygen atoms in total. The van der Waals surface area contributed by atoms with Gasteiger partial charge in [0.25, 0.3) is 5.91 Å². The molecular weight excluding hydrogens is 348 g/mol. The van der Waals surface area contributed by atoms with Gasteiger partial charge >= 0.3 is 12.0 Å². The normalized spacial score (nSPS) is 11.3. The predicted octanol–water partition coefficient (Wildman–Crippen LogP) is 2.20. The van der Waals surface area contributed by atoms with E-state index in [0.717, 1.165) is 5.56 Å². The number of rotatable bonds is 7. The Morgan fingerprint density at radius 3 is 2.63 bits per heavy atom. The molecule has 0 fully saturated rings. The summed E-state index contributed by atoms with van der Waals surface area (Å²) in [4.78, 5) is 40.4. The van der Waals surface area contributed by atoms with E-state index in [1.165, 1.54) is 11.9 Å². The van der Waals surface area contributed by atoms with Crippen LogP contribution in [0.3, 0.4) is 0 Å². The number of nitrogens with one attached hydrogen (secondary N) is 2. The van der Waals surface area contributed by atoms with Crippen LogP contribution in [0.4, 0.5) is 10.5 Å². The first-order valence-corrected chi connectivity index (χ1v) is 8.40. The number of urea groups is 1. The maximum atomic E-state index is 12.1. The van der Waals surface area contributed by atoms with Crippen molar-refractivity contribution in [2.75, 3.05) is 18.9 Å². The average molecular weight is 370 g/mol. The molecule has 0 aliphatic rings. The highest BCUT2D eigenvalue weighted by atomic mass is 16.4. The molecule has 2 rings (SSSR count). The van der Waals surface area contributed by atoms with Gasteiger partial charge in [-0.15, -0.1) is 0 Å². The van der Waals surface area contributed by atoms with Crippen molar-refractivity contribution in [2.45, 2.75) is 13.5 Å². The van der Waals surface area contributed by atoms with E-state index in [0.29, 0.717) is 11.4 Å². The topological polar surface area (TPSA) is 112 Å². The molecule has 2 aromatic rings. The molecule has 0 bridgehead atoms. The van der Waals surface area contributed by atoms with Gasteiger partial charge in [0.15, 0.2) is 0 Å². The first kappa shape index (κ1) is 19.9. The summed E-state index contributed by atoms with van der Waals surface area (Å²) in [5, 5.41) is 14.4. The number of aliphatic carboxylic acids is 1. The Hall–Kier alpha value is -3.42. The molecule has 3 amide bonds. The van der Waals surface area contributed by atoms with Crippen LogP contribution in [0.1, 0.15) is 23.0 Å². The van der Waals surface area contributed by atoms with E-state index in [4.69, 9.17) is 5.11 Å². The zero-order valence-electron chi connectivity index (χ0n) is 15.2. The molecule has 1 unspecified atom stereocenters. The predicted molar refractivity (Wildman–Crippen MR) is 100 cm³/mol. The molecule has 8 heteroatoms. The molecule has 0 radical (unpaired) electrons. The van der Waals surface area contributed by atoms with Crippen LogP contribution in [0.2, 0.25) is 0 Å². The molecule has 1 heterocycles. The Balaban J connectivity index is 1.91. The van der Waals surface area contributed by atoms with Crippen molar-refractivity contribution in [3.05, 3.63) is 59.9 Å².